The zero-order valence-corrected chi connectivity index (χ0v) is 18.9. The number of rotatable bonds is 7. The molecule has 1 heterocycles. The Labute approximate surface area is 193 Å². The van der Waals surface area contributed by atoms with Crippen LogP contribution in [0.5, 0.6) is 0 Å². The van der Waals surface area contributed by atoms with Gasteiger partial charge in [-0.25, -0.2) is 18.2 Å². The molecule has 2 N–H and O–H groups in total. The van der Waals surface area contributed by atoms with Gasteiger partial charge in [0.1, 0.15) is 0 Å². The van der Waals surface area contributed by atoms with Crippen LogP contribution in [0, 0.1) is 0 Å². The van der Waals surface area contributed by atoms with E-state index < -0.39 is 10.0 Å². The van der Waals surface area contributed by atoms with Gasteiger partial charge in [0.2, 0.25) is 15.9 Å². The molecule has 4 rings (SSSR count). The second kappa shape index (κ2) is 9.40. The van der Waals surface area contributed by atoms with Crippen molar-refractivity contribution in [2.75, 3.05) is 4.90 Å². The van der Waals surface area contributed by atoms with Gasteiger partial charge in [0.25, 0.3) is 0 Å². The summed E-state index contributed by atoms with van der Waals surface area (Å²) in [5, 5.41) is 9.99. The van der Waals surface area contributed by atoms with Crippen molar-refractivity contribution in [2.24, 2.45) is 5.14 Å². The van der Waals surface area contributed by atoms with Crippen molar-refractivity contribution in [2.45, 2.75) is 24.8 Å². The SMILES string of the molecule is CCC(=O)N(Cc1ccccc1)c1cc(-c2ccccc2)n(-c2ccc(S(N)(=O)=O)cc2)n1. The Balaban J connectivity index is 1.82. The van der Waals surface area contributed by atoms with Gasteiger partial charge in [-0.2, -0.15) is 0 Å². The minimum absolute atomic E-state index is 0.0201. The average molecular weight is 461 g/mol. The lowest BCUT2D eigenvalue weighted by atomic mass is 10.1. The van der Waals surface area contributed by atoms with Crippen LogP contribution in [0.4, 0.5) is 5.82 Å². The highest BCUT2D eigenvalue weighted by molar-refractivity contribution is 7.89. The van der Waals surface area contributed by atoms with Crippen LogP contribution >= 0.6 is 0 Å². The molecule has 0 fully saturated rings. The number of benzene rings is 3. The number of hydrogen-bond donors (Lipinski definition) is 1. The van der Waals surface area contributed by atoms with Crippen molar-refractivity contribution in [3.63, 3.8) is 0 Å². The summed E-state index contributed by atoms with van der Waals surface area (Å²) >= 11 is 0. The van der Waals surface area contributed by atoms with E-state index in [2.05, 4.69) is 0 Å². The first kappa shape index (κ1) is 22.4. The maximum absolute atomic E-state index is 12.9. The molecule has 0 aliphatic rings. The molecule has 3 aromatic carbocycles. The fourth-order valence-electron chi connectivity index (χ4n) is 3.54. The number of carbonyl (C=O) groups excluding carboxylic acids is 1. The topological polar surface area (TPSA) is 98.3 Å². The summed E-state index contributed by atoms with van der Waals surface area (Å²) in [6.45, 7) is 2.21. The van der Waals surface area contributed by atoms with E-state index >= 15 is 0 Å². The van der Waals surface area contributed by atoms with E-state index in [4.69, 9.17) is 10.2 Å². The predicted molar refractivity (Wildman–Crippen MR) is 128 cm³/mol. The molecule has 0 aliphatic carbocycles. The number of primary sulfonamides is 1. The smallest absolute Gasteiger partial charge is 0.238 e. The molecule has 8 heteroatoms. The molecule has 0 aliphatic heterocycles. The number of anilines is 1. The van der Waals surface area contributed by atoms with Crippen LogP contribution in [-0.4, -0.2) is 24.1 Å². The summed E-state index contributed by atoms with van der Waals surface area (Å²) in [5.74, 6) is 0.466. The van der Waals surface area contributed by atoms with Crippen LogP contribution in [-0.2, 0) is 21.4 Å². The zero-order valence-electron chi connectivity index (χ0n) is 18.1. The molecule has 1 amide bonds. The van der Waals surface area contributed by atoms with E-state index in [1.54, 1.807) is 21.7 Å². The first-order valence-corrected chi connectivity index (χ1v) is 12.0. The quantitative estimate of drug-likeness (QED) is 0.448. The maximum Gasteiger partial charge on any atom is 0.238 e. The van der Waals surface area contributed by atoms with E-state index in [1.165, 1.54) is 12.1 Å². The van der Waals surface area contributed by atoms with Gasteiger partial charge in [-0.1, -0.05) is 67.6 Å². The zero-order chi connectivity index (χ0) is 23.4. The molecule has 0 atom stereocenters. The third-order valence-electron chi connectivity index (χ3n) is 5.24. The van der Waals surface area contributed by atoms with Crippen molar-refractivity contribution >= 4 is 21.7 Å². The van der Waals surface area contributed by atoms with Crippen molar-refractivity contribution in [3.05, 3.63) is 96.6 Å². The van der Waals surface area contributed by atoms with Gasteiger partial charge in [-0.05, 0) is 29.8 Å². The fourth-order valence-corrected chi connectivity index (χ4v) is 4.06. The Kier molecular flexibility index (Phi) is 6.39. The lowest BCUT2D eigenvalue weighted by molar-refractivity contribution is -0.118. The molecule has 1 aromatic heterocycles. The number of nitrogens with zero attached hydrogens (tertiary/aromatic N) is 3. The molecular weight excluding hydrogens is 436 g/mol. The molecule has 4 aromatic rings. The number of amides is 1. The van der Waals surface area contributed by atoms with Gasteiger partial charge in [-0.15, -0.1) is 5.10 Å². The summed E-state index contributed by atoms with van der Waals surface area (Å²) in [4.78, 5) is 14.5. The van der Waals surface area contributed by atoms with Gasteiger partial charge in [0, 0.05) is 18.1 Å². The minimum atomic E-state index is -3.80. The lowest BCUT2D eigenvalue weighted by Crippen LogP contribution is -2.30. The van der Waals surface area contributed by atoms with Crippen LogP contribution in [0.3, 0.4) is 0 Å². The Bertz CT molecular complexity index is 1350. The normalized spacial score (nSPS) is 11.3. The van der Waals surface area contributed by atoms with Crippen molar-refractivity contribution in [3.8, 4) is 16.9 Å². The second-order valence-corrected chi connectivity index (χ2v) is 9.08. The summed E-state index contributed by atoms with van der Waals surface area (Å²) in [6, 6.07) is 27.5. The number of carbonyl (C=O) groups is 1. The molecule has 168 valence electrons. The number of nitrogens with two attached hydrogens (primary N) is 1. The maximum atomic E-state index is 12.9. The Morgan fingerprint density at radius 1 is 0.939 bits per heavy atom. The van der Waals surface area contributed by atoms with Crippen LogP contribution in [0.25, 0.3) is 16.9 Å². The second-order valence-electron chi connectivity index (χ2n) is 7.52. The van der Waals surface area contributed by atoms with Gasteiger partial charge < -0.3 is 0 Å². The van der Waals surface area contributed by atoms with Crippen molar-refractivity contribution < 1.29 is 13.2 Å². The summed E-state index contributed by atoms with van der Waals surface area (Å²) in [7, 11) is -3.80. The molecule has 33 heavy (non-hydrogen) atoms. The highest BCUT2D eigenvalue weighted by Gasteiger charge is 2.21. The first-order chi connectivity index (χ1) is 15.9. The van der Waals surface area contributed by atoms with Crippen LogP contribution in [0.2, 0.25) is 0 Å². The Morgan fingerprint density at radius 2 is 1.55 bits per heavy atom. The molecule has 0 radical (unpaired) electrons. The van der Waals surface area contributed by atoms with E-state index in [0.29, 0.717) is 24.5 Å². The highest BCUT2D eigenvalue weighted by atomic mass is 32.2. The van der Waals surface area contributed by atoms with Gasteiger partial charge >= 0.3 is 0 Å². The van der Waals surface area contributed by atoms with Gasteiger partial charge in [0.05, 0.1) is 22.8 Å². The van der Waals surface area contributed by atoms with Crippen molar-refractivity contribution in [1.29, 1.82) is 0 Å². The van der Waals surface area contributed by atoms with E-state index in [1.807, 2.05) is 73.7 Å². The minimum Gasteiger partial charge on any atom is -0.291 e. The van der Waals surface area contributed by atoms with Gasteiger partial charge in [-0.3, -0.25) is 9.69 Å². The Morgan fingerprint density at radius 3 is 2.12 bits per heavy atom. The summed E-state index contributed by atoms with van der Waals surface area (Å²) in [6.07, 6.45) is 0.337. The number of sulfonamides is 1. The average Bonchev–Trinajstić information content (AvgIpc) is 3.28. The van der Waals surface area contributed by atoms with Crippen LogP contribution in [0.15, 0.2) is 95.9 Å². The molecule has 0 spiro atoms. The Hall–Kier alpha value is -3.75. The standard InChI is InChI=1S/C25H24N4O3S/c1-2-25(30)28(18-19-9-5-3-6-10-19)24-17-23(20-11-7-4-8-12-20)29(27-24)21-13-15-22(16-14-21)33(26,31)32/h3-17H,2,18H2,1H3,(H2,26,31,32). The molecule has 0 saturated carbocycles. The fraction of sp³-hybridized carbons (Fsp3) is 0.120. The monoisotopic (exact) mass is 460 g/mol. The predicted octanol–water partition coefficient (Wildman–Crippen LogP) is 4.13. The van der Waals surface area contributed by atoms with E-state index in [0.717, 1.165) is 16.8 Å². The largest absolute Gasteiger partial charge is 0.291 e. The number of hydrogen-bond acceptors (Lipinski definition) is 4. The molecule has 7 nitrogen and oxygen atoms in total. The van der Waals surface area contributed by atoms with E-state index in [-0.39, 0.29) is 10.8 Å². The molecule has 0 saturated heterocycles. The highest BCUT2D eigenvalue weighted by Crippen LogP contribution is 2.29. The number of aromatic nitrogens is 2. The summed E-state index contributed by atoms with van der Waals surface area (Å²) in [5.41, 5.74) is 3.33. The van der Waals surface area contributed by atoms with Crippen molar-refractivity contribution in [1.82, 2.24) is 9.78 Å². The molecule has 0 unspecified atom stereocenters. The van der Waals surface area contributed by atoms with Gasteiger partial charge in [0.15, 0.2) is 5.82 Å². The van der Waals surface area contributed by atoms with Crippen LogP contribution < -0.4 is 10.0 Å². The first-order valence-electron chi connectivity index (χ1n) is 10.5. The third-order valence-corrected chi connectivity index (χ3v) is 6.17. The molecule has 0 bridgehead atoms. The molecular formula is C25H24N4O3S. The van der Waals surface area contributed by atoms with E-state index in [9.17, 15) is 13.2 Å². The lowest BCUT2D eigenvalue weighted by Gasteiger charge is -2.19. The summed E-state index contributed by atoms with van der Waals surface area (Å²) < 4.78 is 25.0. The third kappa shape index (κ3) is 5.02. The van der Waals surface area contributed by atoms with Crippen LogP contribution in [0.1, 0.15) is 18.9 Å².